The molecule has 1 aromatic rings. The van der Waals surface area contributed by atoms with Gasteiger partial charge < -0.3 is 14.4 Å². The molecule has 1 spiro atoms. The molecule has 0 unspecified atom stereocenters. The van der Waals surface area contributed by atoms with Crippen LogP contribution in [0.15, 0.2) is 28.7 Å². The van der Waals surface area contributed by atoms with E-state index in [0.717, 1.165) is 49.7 Å². The Labute approximate surface area is 146 Å². The van der Waals surface area contributed by atoms with Crippen LogP contribution in [0.4, 0.5) is 0 Å². The van der Waals surface area contributed by atoms with E-state index in [1.165, 1.54) is 5.56 Å². The number of hydrogen-bond acceptors (Lipinski definition) is 3. The second-order valence-electron chi connectivity index (χ2n) is 6.32. The van der Waals surface area contributed by atoms with Crippen molar-refractivity contribution in [2.75, 3.05) is 26.3 Å². The molecule has 0 aliphatic carbocycles. The third-order valence-electron chi connectivity index (χ3n) is 4.71. The Morgan fingerprint density at radius 3 is 2.39 bits per heavy atom. The van der Waals surface area contributed by atoms with Crippen LogP contribution in [-0.2, 0) is 20.7 Å². The number of ether oxygens (including phenoxy) is 2. The fourth-order valence-corrected chi connectivity index (χ4v) is 3.56. The molecule has 4 nitrogen and oxygen atoms in total. The smallest absolute Gasteiger partial charge is 0.222 e. The number of likely N-dealkylation sites (tertiary alicyclic amines) is 1. The maximum absolute atomic E-state index is 12.3. The lowest BCUT2D eigenvalue weighted by Crippen LogP contribution is -2.47. The molecule has 0 N–H and O–H groups in total. The Kier molecular flexibility index (Phi) is 5.72. The predicted octanol–water partition coefficient (Wildman–Crippen LogP) is 3.53. The number of nitrogens with zero attached hydrogens (tertiary/aromatic N) is 1. The molecule has 0 aromatic heterocycles. The van der Waals surface area contributed by atoms with E-state index in [0.29, 0.717) is 19.6 Å². The van der Waals surface area contributed by atoms with Crippen molar-refractivity contribution in [3.05, 3.63) is 34.3 Å². The lowest BCUT2D eigenvalue weighted by atomic mass is 10.0. The number of carbonyl (C=O) groups excluding carboxylic acids is 1. The zero-order valence-corrected chi connectivity index (χ0v) is 15.0. The zero-order valence-electron chi connectivity index (χ0n) is 13.4. The van der Waals surface area contributed by atoms with Crippen LogP contribution in [0.1, 0.15) is 37.7 Å². The van der Waals surface area contributed by atoms with E-state index in [2.05, 4.69) is 40.2 Å². The van der Waals surface area contributed by atoms with E-state index in [-0.39, 0.29) is 5.91 Å². The first-order chi connectivity index (χ1) is 11.2. The zero-order chi connectivity index (χ0) is 16.1. The molecule has 0 bridgehead atoms. The molecule has 2 aliphatic rings. The molecule has 1 aromatic carbocycles. The van der Waals surface area contributed by atoms with Gasteiger partial charge >= 0.3 is 0 Å². The van der Waals surface area contributed by atoms with E-state index >= 15 is 0 Å². The minimum absolute atomic E-state index is 0.272. The molecule has 2 saturated heterocycles. The van der Waals surface area contributed by atoms with Gasteiger partial charge in [0.15, 0.2) is 5.79 Å². The van der Waals surface area contributed by atoms with E-state index in [9.17, 15) is 4.79 Å². The van der Waals surface area contributed by atoms with Gasteiger partial charge in [0, 0.05) is 36.8 Å². The van der Waals surface area contributed by atoms with Crippen molar-refractivity contribution in [3.63, 3.8) is 0 Å². The largest absolute Gasteiger partial charge is 0.347 e. The summed E-state index contributed by atoms with van der Waals surface area (Å²) in [5.74, 6) is -0.119. The molecule has 2 fully saturated rings. The number of unbranched alkanes of at least 4 members (excludes halogenated alkanes) is 1. The Bertz CT molecular complexity index is 516. The highest BCUT2D eigenvalue weighted by Crippen LogP contribution is 2.31. The molecular formula is C18H24BrNO3. The third-order valence-corrected chi connectivity index (χ3v) is 5.24. The minimum atomic E-state index is -0.391. The highest BCUT2D eigenvalue weighted by Gasteiger charge is 2.40. The van der Waals surface area contributed by atoms with Crippen molar-refractivity contribution in [3.8, 4) is 0 Å². The number of amides is 1. The van der Waals surface area contributed by atoms with Crippen LogP contribution in [0.25, 0.3) is 0 Å². The quantitative estimate of drug-likeness (QED) is 0.732. The van der Waals surface area contributed by atoms with Gasteiger partial charge in [-0.15, -0.1) is 0 Å². The number of halogens is 1. The first-order valence-electron chi connectivity index (χ1n) is 8.47. The number of rotatable bonds is 5. The Balaban J connectivity index is 1.34. The molecule has 5 heteroatoms. The Hall–Kier alpha value is -0.910. The van der Waals surface area contributed by atoms with E-state index in [4.69, 9.17) is 9.47 Å². The van der Waals surface area contributed by atoms with Gasteiger partial charge in [-0.05, 0) is 37.0 Å². The predicted molar refractivity (Wildman–Crippen MR) is 92.1 cm³/mol. The second-order valence-corrected chi connectivity index (χ2v) is 7.24. The first kappa shape index (κ1) is 16.9. The van der Waals surface area contributed by atoms with Gasteiger partial charge in [-0.1, -0.05) is 28.1 Å². The molecule has 23 heavy (non-hydrogen) atoms. The standard InChI is InChI=1S/C18H24BrNO3/c19-16-7-5-15(6-8-16)3-1-2-4-17(21)20-11-9-18(10-12-20)22-13-14-23-18/h5-8H,1-4,9-14H2. The van der Waals surface area contributed by atoms with Crippen LogP contribution >= 0.6 is 15.9 Å². The van der Waals surface area contributed by atoms with Gasteiger partial charge in [0.05, 0.1) is 13.2 Å². The van der Waals surface area contributed by atoms with Crippen LogP contribution in [0.2, 0.25) is 0 Å². The number of hydrogen-bond donors (Lipinski definition) is 0. The van der Waals surface area contributed by atoms with Crippen LogP contribution < -0.4 is 0 Å². The Morgan fingerprint density at radius 2 is 1.74 bits per heavy atom. The summed E-state index contributed by atoms with van der Waals surface area (Å²) in [7, 11) is 0. The molecule has 2 aliphatic heterocycles. The van der Waals surface area contributed by atoms with Gasteiger partial charge in [0.25, 0.3) is 0 Å². The van der Waals surface area contributed by atoms with Gasteiger partial charge in [0.2, 0.25) is 5.91 Å². The molecule has 0 radical (unpaired) electrons. The molecule has 0 atom stereocenters. The highest BCUT2D eigenvalue weighted by atomic mass is 79.9. The summed E-state index contributed by atoms with van der Waals surface area (Å²) in [6, 6.07) is 8.41. The first-order valence-corrected chi connectivity index (χ1v) is 9.26. The topological polar surface area (TPSA) is 38.8 Å². The highest BCUT2D eigenvalue weighted by molar-refractivity contribution is 9.10. The lowest BCUT2D eigenvalue weighted by molar-refractivity contribution is -0.187. The SMILES string of the molecule is O=C(CCCCc1ccc(Br)cc1)N1CCC2(CC1)OCCO2. The molecule has 2 heterocycles. The summed E-state index contributed by atoms with van der Waals surface area (Å²) in [4.78, 5) is 14.3. The molecule has 3 rings (SSSR count). The molecule has 126 valence electrons. The monoisotopic (exact) mass is 381 g/mol. The average molecular weight is 382 g/mol. The summed E-state index contributed by atoms with van der Waals surface area (Å²) in [6.07, 6.45) is 5.28. The van der Waals surface area contributed by atoms with E-state index in [1.807, 2.05) is 4.90 Å². The summed E-state index contributed by atoms with van der Waals surface area (Å²) >= 11 is 3.44. The van der Waals surface area contributed by atoms with Crippen LogP contribution in [0.3, 0.4) is 0 Å². The molecular weight excluding hydrogens is 358 g/mol. The minimum Gasteiger partial charge on any atom is -0.347 e. The fraction of sp³-hybridized carbons (Fsp3) is 0.611. The van der Waals surface area contributed by atoms with E-state index < -0.39 is 5.79 Å². The van der Waals surface area contributed by atoms with Gasteiger partial charge in [-0.3, -0.25) is 4.79 Å². The number of benzene rings is 1. The number of piperidine rings is 1. The summed E-state index contributed by atoms with van der Waals surface area (Å²) in [5.41, 5.74) is 1.33. The van der Waals surface area contributed by atoms with Crippen LogP contribution in [0, 0.1) is 0 Å². The van der Waals surface area contributed by atoms with Crippen molar-refractivity contribution in [2.24, 2.45) is 0 Å². The third kappa shape index (κ3) is 4.55. The van der Waals surface area contributed by atoms with E-state index in [1.54, 1.807) is 0 Å². The normalized spacial score (nSPS) is 20.1. The molecule has 1 amide bonds. The maximum atomic E-state index is 12.3. The van der Waals surface area contributed by atoms with Crippen molar-refractivity contribution >= 4 is 21.8 Å². The number of aryl methyl sites for hydroxylation is 1. The number of carbonyl (C=O) groups is 1. The van der Waals surface area contributed by atoms with Crippen molar-refractivity contribution < 1.29 is 14.3 Å². The van der Waals surface area contributed by atoms with Crippen molar-refractivity contribution in [1.29, 1.82) is 0 Å². The fourth-order valence-electron chi connectivity index (χ4n) is 3.30. The van der Waals surface area contributed by atoms with Gasteiger partial charge in [-0.2, -0.15) is 0 Å². The molecule has 0 saturated carbocycles. The maximum Gasteiger partial charge on any atom is 0.222 e. The van der Waals surface area contributed by atoms with Crippen molar-refractivity contribution in [2.45, 2.75) is 44.3 Å². The van der Waals surface area contributed by atoms with Crippen molar-refractivity contribution in [1.82, 2.24) is 4.90 Å². The average Bonchev–Trinajstić information content (AvgIpc) is 3.02. The van der Waals surface area contributed by atoms with Gasteiger partial charge in [0.1, 0.15) is 0 Å². The summed E-state index contributed by atoms with van der Waals surface area (Å²) < 4.78 is 12.5. The second kappa shape index (κ2) is 7.77. The Morgan fingerprint density at radius 1 is 1.09 bits per heavy atom. The van der Waals surface area contributed by atoms with Crippen LogP contribution in [0.5, 0.6) is 0 Å². The summed E-state index contributed by atoms with van der Waals surface area (Å²) in [6.45, 7) is 2.88. The van der Waals surface area contributed by atoms with Gasteiger partial charge in [-0.25, -0.2) is 0 Å². The summed E-state index contributed by atoms with van der Waals surface area (Å²) in [5, 5.41) is 0. The van der Waals surface area contributed by atoms with Crippen LogP contribution in [-0.4, -0.2) is 42.9 Å². The lowest BCUT2D eigenvalue weighted by Gasteiger charge is -2.37.